The number of hydrogen-bond acceptors (Lipinski definition) is 1. The number of rotatable bonds is 4. The molecule has 0 bridgehead atoms. The maximum Gasteiger partial charge on any atom is 0.262 e. The van der Waals surface area contributed by atoms with Crippen LogP contribution in [0.5, 0.6) is 0 Å². The van der Waals surface area contributed by atoms with Gasteiger partial charge in [-0.2, -0.15) is 0 Å². The van der Waals surface area contributed by atoms with Gasteiger partial charge in [0.05, 0.1) is 0 Å². The molecule has 0 aliphatic heterocycles. The van der Waals surface area contributed by atoms with E-state index in [0.717, 1.165) is 11.3 Å². The van der Waals surface area contributed by atoms with E-state index in [2.05, 4.69) is 22.5 Å². The number of alkyl halides is 1. The molecule has 0 aliphatic carbocycles. The van der Waals surface area contributed by atoms with E-state index < -0.39 is 0 Å². The topological polar surface area (TPSA) is 20.3 Å². The molecule has 3 heteroatoms. The third kappa shape index (κ3) is 2.99. The van der Waals surface area contributed by atoms with Crippen molar-refractivity contribution in [3.8, 4) is 0 Å². The number of anilines is 1. The van der Waals surface area contributed by atoms with Crippen LogP contribution in [0.2, 0.25) is 0 Å². The highest BCUT2D eigenvalue weighted by atomic mass is 79.9. The highest BCUT2D eigenvalue weighted by molar-refractivity contribution is 9.09. The highest BCUT2D eigenvalue weighted by Gasteiger charge is 2.20. The largest absolute Gasteiger partial charge is 0.281 e. The first-order valence-corrected chi connectivity index (χ1v) is 7.46. The van der Waals surface area contributed by atoms with Gasteiger partial charge in [0.15, 0.2) is 0 Å². The van der Waals surface area contributed by atoms with Gasteiger partial charge in [0.2, 0.25) is 0 Å². The lowest BCUT2D eigenvalue weighted by Crippen LogP contribution is -2.31. The van der Waals surface area contributed by atoms with Gasteiger partial charge in [0.25, 0.3) is 5.91 Å². The molecule has 1 amide bonds. The second-order valence-electron chi connectivity index (χ2n) is 4.49. The minimum absolute atomic E-state index is 0.0567. The predicted octanol–water partition coefficient (Wildman–Crippen LogP) is 4.55. The van der Waals surface area contributed by atoms with Crippen LogP contribution in [-0.2, 0) is 0 Å². The Balaban J connectivity index is 2.45. The van der Waals surface area contributed by atoms with Gasteiger partial charge in [0.1, 0.15) is 0 Å². The highest BCUT2D eigenvalue weighted by Crippen LogP contribution is 2.23. The Morgan fingerprint density at radius 2 is 1.70 bits per heavy atom. The lowest BCUT2D eigenvalue weighted by atomic mass is 10.1. The molecule has 0 saturated heterocycles. The molecule has 0 radical (unpaired) electrons. The first kappa shape index (κ1) is 14.5. The lowest BCUT2D eigenvalue weighted by molar-refractivity contribution is 0.0994. The van der Waals surface area contributed by atoms with Crippen molar-refractivity contribution < 1.29 is 4.79 Å². The molecule has 0 aromatic heterocycles. The van der Waals surface area contributed by atoms with Gasteiger partial charge in [-0.05, 0) is 30.7 Å². The number of aryl methyl sites for hydroxylation is 1. The third-order valence-electron chi connectivity index (χ3n) is 3.06. The number of para-hydroxylation sites is 1. The van der Waals surface area contributed by atoms with E-state index in [0.29, 0.717) is 16.6 Å². The molecule has 0 spiro atoms. The van der Waals surface area contributed by atoms with Gasteiger partial charge in [-0.3, -0.25) is 9.69 Å². The molecule has 0 unspecified atom stereocenters. The molecule has 0 N–H and O–H groups in total. The number of benzene rings is 2. The van der Waals surface area contributed by atoms with Crippen molar-refractivity contribution in [1.82, 2.24) is 0 Å². The van der Waals surface area contributed by atoms with Crippen LogP contribution >= 0.6 is 15.9 Å². The minimum atomic E-state index is -0.0567. The van der Waals surface area contributed by atoms with Crippen LogP contribution in [0.25, 0.3) is 0 Å². The molecule has 0 aliphatic rings. The van der Waals surface area contributed by atoms with E-state index in [-0.39, 0.29) is 5.91 Å². The molecule has 0 atom stereocenters. The second kappa shape index (κ2) is 6.53. The Hall–Kier alpha value is -1.87. The summed E-state index contributed by atoms with van der Waals surface area (Å²) in [6.45, 7) is 5.92. The Bertz CT molecular complexity index is 622. The lowest BCUT2D eigenvalue weighted by Gasteiger charge is -2.24. The van der Waals surface area contributed by atoms with Gasteiger partial charge >= 0.3 is 0 Å². The number of nitrogens with zero attached hydrogens (tertiary/aromatic N) is 1. The summed E-state index contributed by atoms with van der Waals surface area (Å²) in [5.41, 5.74) is 3.19. The van der Waals surface area contributed by atoms with Crippen LogP contribution in [0.3, 0.4) is 0 Å². The van der Waals surface area contributed by atoms with E-state index in [1.165, 1.54) is 0 Å². The number of halogens is 1. The molecule has 0 heterocycles. The number of carbonyl (C=O) groups is 1. The molecular formula is C17H16BrNO. The zero-order valence-corrected chi connectivity index (χ0v) is 12.9. The fourth-order valence-electron chi connectivity index (χ4n) is 2.01. The van der Waals surface area contributed by atoms with Gasteiger partial charge in [-0.1, -0.05) is 58.9 Å². The molecule has 0 saturated carbocycles. The quantitative estimate of drug-likeness (QED) is 0.753. The summed E-state index contributed by atoms with van der Waals surface area (Å²) in [6.07, 6.45) is 0. The van der Waals surface area contributed by atoms with Crippen LogP contribution in [-0.4, -0.2) is 11.2 Å². The van der Waals surface area contributed by atoms with Crippen LogP contribution in [0.15, 0.2) is 66.9 Å². The molecule has 102 valence electrons. The SMILES string of the molecule is C=C(CBr)N(C(=O)c1ccccc1C)c1ccccc1. The molecule has 0 fully saturated rings. The zero-order chi connectivity index (χ0) is 14.5. The van der Waals surface area contributed by atoms with Crippen molar-refractivity contribution in [3.05, 3.63) is 78.0 Å². The van der Waals surface area contributed by atoms with Crippen molar-refractivity contribution >= 4 is 27.5 Å². The van der Waals surface area contributed by atoms with Gasteiger partial charge < -0.3 is 0 Å². The Labute approximate surface area is 127 Å². The van der Waals surface area contributed by atoms with Gasteiger partial charge in [0, 0.05) is 22.3 Å². The smallest absolute Gasteiger partial charge is 0.262 e. The summed E-state index contributed by atoms with van der Waals surface area (Å²) >= 11 is 3.38. The molecule has 2 aromatic carbocycles. The van der Waals surface area contributed by atoms with Crippen molar-refractivity contribution in [1.29, 1.82) is 0 Å². The first-order valence-electron chi connectivity index (χ1n) is 6.34. The Morgan fingerprint density at radius 3 is 2.30 bits per heavy atom. The summed E-state index contributed by atoms with van der Waals surface area (Å²) in [5, 5.41) is 0.541. The Kier molecular flexibility index (Phi) is 4.74. The average Bonchev–Trinajstić information content (AvgIpc) is 2.48. The van der Waals surface area contributed by atoms with E-state index in [1.807, 2.05) is 61.5 Å². The molecule has 20 heavy (non-hydrogen) atoms. The molecule has 2 rings (SSSR count). The molecular weight excluding hydrogens is 314 g/mol. The maximum atomic E-state index is 12.8. The molecule has 2 aromatic rings. The van der Waals surface area contributed by atoms with Crippen LogP contribution in [0, 0.1) is 6.92 Å². The minimum Gasteiger partial charge on any atom is -0.281 e. The van der Waals surface area contributed by atoms with Crippen molar-refractivity contribution in [2.75, 3.05) is 10.2 Å². The Morgan fingerprint density at radius 1 is 1.10 bits per heavy atom. The number of carbonyl (C=O) groups excluding carboxylic acids is 1. The monoisotopic (exact) mass is 329 g/mol. The van der Waals surface area contributed by atoms with E-state index in [1.54, 1.807) is 4.90 Å². The standard InChI is InChI=1S/C17H16BrNO/c1-13-8-6-7-11-16(13)17(20)19(14(2)12-18)15-9-4-3-5-10-15/h3-11H,2,12H2,1H3. The predicted molar refractivity (Wildman–Crippen MR) is 87.4 cm³/mol. The fraction of sp³-hybridized carbons (Fsp3) is 0.118. The second-order valence-corrected chi connectivity index (χ2v) is 5.05. The number of amides is 1. The summed E-state index contributed by atoms with van der Waals surface area (Å²) < 4.78 is 0. The van der Waals surface area contributed by atoms with Gasteiger partial charge in [-0.15, -0.1) is 0 Å². The van der Waals surface area contributed by atoms with Crippen LogP contribution in [0.1, 0.15) is 15.9 Å². The zero-order valence-electron chi connectivity index (χ0n) is 11.3. The third-order valence-corrected chi connectivity index (χ3v) is 3.71. The van der Waals surface area contributed by atoms with E-state index in [9.17, 15) is 4.79 Å². The van der Waals surface area contributed by atoms with E-state index in [4.69, 9.17) is 0 Å². The van der Waals surface area contributed by atoms with Crippen LogP contribution in [0.4, 0.5) is 5.69 Å². The van der Waals surface area contributed by atoms with Crippen molar-refractivity contribution in [2.24, 2.45) is 0 Å². The summed E-state index contributed by atoms with van der Waals surface area (Å²) in [6, 6.07) is 17.1. The fourth-order valence-corrected chi connectivity index (χ4v) is 2.26. The first-order chi connectivity index (χ1) is 9.65. The van der Waals surface area contributed by atoms with Crippen molar-refractivity contribution in [3.63, 3.8) is 0 Å². The van der Waals surface area contributed by atoms with Crippen molar-refractivity contribution in [2.45, 2.75) is 6.92 Å². The summed E-state index contributed by atoms with van der Waals surface area (Å²) in [5.74, 6) is -0.0567. The average molecular weight is 330 g/mol. The number of hydrogen-bond donors (Lipinski definition) is 0. The maximum absolute atomic E-state index is 12.8. The van der Waals surface area contributed by atoms with Gasteiger partial charge in [-0.25, -0.2) is 0 Å². The number of allylic oxidation sites excluding steroid dienone is 1. The van der Waals surface area contributed by atoms with E-state index >= 15 is 0 Å². The normalized spacial score (nSPS) is 10.1. The summed E-state index contributed by atoms with van der Waals surface area (Å²) in [7, 11) is 0. The van der Waals surface area contributed by atoms with Crippen LogP contribution < -0.4 is 4.90 Å². The molecule has 2 nitrogen and oxygen atoms in total. The summed E-state index contributed by atoms with van der Waals surface area (Å²) in [4.78, 5) is 14.5.